The van der Waals surface area contributed by atoms with E-state index in [1.165, 1.54) is 0 Å². The third kappa shape index (κ3) is 8.21. The van der Waals surface area contributed by atoms with Gasteiger partial charge in [0.05, 0.1) is 13.2 Å². The van der Waals surface area contributed by atoms with Crippen LogP contribution in [-0.4, -0.2) is 77.6 Å². The molecule has 0 saturated carbocycles. The van der Waals surface area contributed by atoms with Gasteiger partial charge in [-0.25, -0.2) is 0 Å². The van der Waals surface area contributed by atoms with Gasteiger partial charge in [-0.1, -0.05) is 0 Å². The van der Waals surface area contributed by atoms with Crippen LogP contribution in [0.5, 0.6) is 0 Å². The van der Waals surface area contributed by atoms with Crippen LogP contribution in [0.25, 0.3) is 0 Å². The molecule has 0 atom stereocenters. The molecule has 0 N–H and O–H groups in total. The van der Waals surface area contributed by atoms with Gasteiger partial charge in [-0.05, 0) is 12.8 Å². The molecule has 0 aliphatic carbocycles. The zero-order chi connectivity index (χ0) is 27.7. The van der Waals surface area contributed by atoms with Crippen molar-refractivity contribution in [3.63, 3.8) is 0 Å². The monoisotopic (exact) mass is 582 g/mol. The minimum Gasteiger partial charge on any atom is -0.270 e. The molecule has 0 aromatic heterocycles. The van der Waals surface area contributed by atoms with Crippen molar-refractivity contribution in [2.45, 2.75) is 48.9 Å². The van der Waals surface area contributed by atoms with E-state index in [0.29, 0.717) is 0 Å². The highest BCUT2D eigenvalue weighted by Crippen LogP contribution is 2.48. The van der Waals surface area contributed by atoms with Gasteiger partial charge in [-0.15, -0.1) is 0 Å². The van der Waals surface area contributed by atoms with Gasteiger partial charge < -0.3 is 0 Å². The van der Waals surface area contributed by atoms with E-state index < -0.39 is 93.8 Å². The summed E-state index contributed by atoms with van der Waals surface area (Å²) in [5.74, 6) is -32.1. The molecule has 0 saturated heterocycles. The van der Waals surface area contributed by atoms with E-state index >= 15 is 0 Å². The molecule has 0 unspecified atom stereocenters. The summed E-state index contributed by atoms with van der Waals surface area (Å²) in [6.45, 7) is -2.52. The smallest absolute Gasteiger partial charge is 0.270 e. The fourth-order valence-corrected chi connectivity index (χ4v) is 3.86. The second kappa shape index (κ2) is 10.1. The number of halogens is 14. The summed E-state index contributed by atoms with van der Waals surface area (Å²) in [6, 6.07) is 0. The van der Waals surface area contributed by atoms with Gasteiger partial charge in [0.2, 0.25) is 0 Å². The average Bonchev–Trinajstić information content (AvgIpc) is 2.53. The summed E-state index contributed by atoms with van der Waals surface area (Å²) in [7, 11) is -11.5. The Morgan fingerprint density at radius 3 is 0.912 bits per heavy atom. The van der Waals surface area contributed by atoms with Crippen molar-refractivity contribution in [2.24, 2.45) is 0 Å². The topological polar surface area (TPSA) is 86.7 Å². The van der Waals surface area contributed by atoms with E-state index in [1.54, 1.807) is 0 Å². The maximum Gasteiger partial charge on any atom is 0.459 e. The first-order chi connectivity index (χ1) is 14.6. The second-order valence-corrected chi connectivity index (χ2v) is 9.59. The highest BCUT2D eigenvalue weighted by Gasteiger charge is 2.74. The molecule has 0 aromatic rings. The summed E-state index contributed by atoms with van der Waals surface area (Å²) in [6.07, 6.45) is -15.2. The minimum atomic E-state index is -6.82. The largest absolute Gasteiger partial charge is 0.459 e. The summed E-state index contributed by atoms with van der Waals surface area (Å²) >= 11 is 0. The van der Waals surface area contributed by atoms with Crippen molar-refractivity contribution >= 4 is 20.2 Å². The van der Waals surface area contributed by atoms with Crippen LogP contribution in [0.2, 0.25) is 0 Å². The molecule has 0 fully saturated rings. The number of unbranched alkanes of at least 4 members (excludes halogenated alkanes) is 1. The van der Waals surface area contributed by atoms with Crippen LogP contribution in [0.4, 0.5) is 61.5 Å². The Morgan fingerprint density at radius 2 is 0.706 bits per heavy atom. The van der Waals surface area contributed by atoms with Crippen molar-refractivity contribution in [2.75, 3.05) is 24.7 Å². The number of alkyl halides is 14. The third-order valence-electron chi connectivity index (χ3n) is 3.41. The first-order valence-corrected chi connectivity index (χ1v) is 11.2. The molecule has 0 bridgehead atoms. The summed E-state index contributed by atoms with van der Waals surface area (Å²) in [5, 5.41) is 0. The van der Waals surface area contributed by atoms with Crippen molar-refractivity contribution in [3.8, 4) is 0 Å². The summed E-state index contributed by atoms with van der Waals surface area (Å²) in [4.78, 5) is 0. The van der Waals surface area contributed by atoms with Crippen molar-refractivity contribution in [1.82, 2.24) is 0 Å². The Hall–Kier alpha value is -1.16. The SMILES string of the molecule is O=S(=O)(CC(F)(F)C(F)(F)C(F)(F)F)OCCCCOS(=O)(=O)CC(F)(F)C(F)(F)C(F)(F)F. The number of hydrogen-bond acceptors (Lipinski definition) is 6. The van der Waals surface area contributed by atoms with E-state index in [-0.39, 0.29) is 0 Å². The lowest BCUT2D eigenvalue weighted by atomic mass is 10.2. The molecule has 0 radical (unpaired) electrons. The van der Waals surface area contributed by atoms with Gasteiger partial charge in [-0.2, -0.15) is 78.3 Å². The molecule has 6 nitrogen and oxygen atoms in total. The molecule has 0 aliphatic rings. The quantitative estimate of drug-likeness (QED) is 0.185. The predicted molar refractivity (Wildman–Crippen MR) is 80.6 cm³/mol. The van der Waals surface area contributed by atoms with Gasteiger partial charge >= 0.3 is 36.0 Å². The van der Waals surface area contributed by atoms with Crippen LogP contribution in [0, 0.1) is 0 Å². The lowest BCUT2D eigenvalue weighted by molar-refractivity contribution is -0.349. The Morgan fingerprint density at radius 1 is 0.471 bits per heavy atom. The predicted octanol–water partition coefficient (Wildman–Crippen LogP) is 4.13. The highest BCUT2D eigenvalue weighted by molar-refractivity contribution is 7.87. The highest BCUT2D eigenvalue weighted by atomic mass is 32.2. The van der Waals surface area contributed by atoms with Crippen molar-refractivity contribution in [3.05, 3.63) is 0 Å². The fourth-order valence-electron chi connectivity index (χ4n) is 1.70. The average molecular weight is 582 g/mol. The van der Waals surface area contributed by atoms with E-state index in [1.807, 2.05) is 0 Å². The molecule has 34 heavy (non-hydrogen) atoms. The zero-order valence-corrected chi connectivity index (χ0v) is 17.4. The van der Waals surface area contributed by atoms with Crippen LogP contribution in [0.3, 0.4) is 0 Å². The van der Waals surface area contributed by atoms with Crippen LogP contribution in [-0.2, 0) is 28.6 Å². The van der Waals surface area contributed by atoms with Gasteiger partial charge in [0.25, 0.3) is 20.2 Å². The zero-order valence-electron chi connectivity index (χ0n) is 15.8. The Balaban J connectivity index is 4.76. The van der Waals surface area contributed by atoms with Crippen LogP contribution >= 0.6 is 0 Å². The standard InChI is InChI=1S/C12H12F14O6S2/c13-7(14,9(17,18)11(21,22)23)5-33(27,28)31-3-1-2-4-32-34(29,30)6-8(15,16)10(19,20)12(24,25)26/h1-6H2. The lowest BCUT2D eigenvalue weighted by Gasteiger charge is -2.27. The minimum absolute atomic E-state index is 0.773. The fraction of sp³-hybridized carbons (Fsp3) is 1.00. The second-order valence-electron chi connectivity index (χ2n) is 6.31. The molecular weight excluding hydrogens is 570 g/mol. The number of hydrogen-bond donors (Lipinski definition) is 0. The summed E-state index contributed by atoms with van der Waals surface area (Å²) in [5.41, 5.74) is 0. The first kappa shape index (κ1) is 32.8. The normalized spacial score (nSPS) is 15.6. The van der Waals surface area contributed by atoms with Gasteiger partial charge in [0.1, 0.15) is 11.5 Å². The van der Waals surface area contributed by atoms with Crippen LogP contribution in [0.15, 0.2) is 0 Å². The van der Waals surface area contributed by atoms with Crippen LogP contribution < -0.4 is 0 Å². The molecule has 206 valence electrons. The van der Waals surface area contributed by atoms with E-state index in [9.17, 15) is 78.3 Å². The molecule has 0 amide bonds. The van der Waals surface area contributed by atoms with Crippen molar-refractivity contribution < 1.29 is 86.7 Å². The maximum absolute atomic E-state index is 13.0. The first-order valence-electron chi connectivity index (χ1n) is 8.01. The Labute approximate surface area is 181 Å². The number of rotatable bonds is 13. The molecular formula is C12H12F14O6S2. The molecule has 0 aliphatic heterocycles. The molecule has 0 aromatic carbocycles. The maximum atomic E-state index is 13.0. The lowest BCUT2D eigenvalue weighted by Crippen LogP contribution is -2.55. The van der Waals surface area contributed by atoms with E-state index in [4.69, 9.17) is 0 Å². The van der Waals surface area contributed by atoms with E-state index in [2.05, 4.69) is 8.37 Å². The molecule has 0 spiro atoms. The molecule has 0 rings (SSSR count). The van der Waals surface area contributed by atoms with Crippen molar-refractivity contribution in [1.29, 1.82) is 0 Å². The van der Waals surface area contributed by atoms with E-state index in [0.717, 1.165) is 0 Å². The van der Waals surface area contributed by atoms with Crippen LogP contribution in [0.1, 0.15) is 12.8 Å². The van der Waals surface area contributed by atoms with Gasteiger partial charge in [-0.3, -0.25) is 8.37 Å². The Kier molecular flexibility index (Phi) is 9.73. The summed E-state index contributed by atoms with van der Waals surface area (Å²) < 4.78 is 227. The molecule has 0 heterocycles. The van der Waals surface area contributed by atoms with Gasteiger partial charge in [0.15, 0.2) is 0 Å². The molecule has 22 heteroatoms. The van der Waals surface area contributed by atoms with Gasteiger partial charge in [0, 0.05) is 0 Å². The Bertz CT molecular complexity index is 817. The third-order valence-corrected chi connectivity index (χ3v) is 5.90.